The van der Waals surface area contributed by atoms with Crippen molar-refractivity contribution in [1.29, 1.82) is 0 Å². The van der Waals surface area contributed by atoms with Gasteiger partial charge in [-0.25, -0.2) is 0 Å². The lowest BCUT2D eigenvalue weighted by Gasteiger charge is -2.26. The molecule has 0 fully saturated rings. The number of hydrogen-bond donors (Lipinski definition) is 0. The fourth-order valence-electron chi connectivity index (χ4n) is 7.96. The van der Waals surface area contributed by atoms with E-state index in [1.807, 2.05) is 0 Å². The van der Waals surface area contributed by atoms with Gasteiger partial charge in [0.2, 0.25) is 0 Å². The van der Waals surface area contributed by atoms with Crippen LogP contribution in [-0.4, -0.2) is 0 Å². The predicted octanol–water partition coefficient (Wildman–Crippen LogP) is 14.6. The average molecular weight is 678 g/mol. The van der Waals surface area contributed by atoms with E-state index in [0.717, 1.165) is 71.7 Å². The molecule has 0 saturated heterocycles. The monoisotopic (exact) mass is 677 g/mol. The highest BCUT2D eigenvalue weighted by molar-refractivity contribution is 6.24. The number of rotatable bonds is 5. The first-order chi connectivity index (χ1) is 26.2. The average Bonchev–Trinajstić information content (AvgIpc) is 3.77. The van der Waals surface area contributed by atoms with E-state index in [1.54, 1.807) is 0 Å². The van der Waals surface area contributed by atoms with E-state index in [1.165, 1.54) is 33.0 Å². The van der Waals surface area contributed by atoms with Crippen LogP contribution < -0.4 is 4.90 Å². The maximum atomic E-state index is 6.61. The molecule has 11 aromatic rings. The zero-order chi connectivity index (χ0) is 34.9. The van der Waals surface area contributed by atoms with Gasteiger partial charge >= 0.3 is 0 Å². The summed E-state index contributed by atoms with van der Waals surface area (Å²) in [6, 6.07) is 66.8. The molecule has 0 aliphatic rings. The lowest BCUT2D eigenvalue weighted by atomic mass is 10.0. The summed E-state index contributed by atoms with van der Waals surface area (Å²) in [5.74, 6) is 0. The third-order valence-corrected chi connectivity index (χ3v) is 10.6. The first-order valence-electron chi connectivity index (χ1n) is 18.0. The first-order valence-corrected chi connectivity index (χ1v) is 18.0. The van der Waals surface area contributed by atoms with Gasteiger partial charge in [0.05, 0.1) is 5.39 Å². The van der Waals surface area contributed by atoms with Gasteiger partial charge in [0.25, 0.3) is 0 Å². The normalized spacial score (nSPS) is 11.8. The van der Waals surface area contributed by atoms with Gasteiger partial charge in [0.15, 0.2) is 0 Å². The lowest BCUT2D eigenvalue weighted by molar-refractivity contribution is 0.663. The highest BCUT2D eigenvalue weighted by Gasteiger charge is 2.19. The maximum absolute atomic E-state index is 6.61. The van der Waals surface area contributed by atoms with Crippen molar-refractivity contribution < 1.29 is 8.83 Å². The number of nitrogens with zero attached hydrogens (tertiary/aromatic N) is 1. The number of furan rings is 2. The molecule has 0 radical (unpaired) electrons. The van der Waals surface area contributed by atoms with E-state index in [2.05, 4.69) is 193 Å². The molecule has 0 saturated carbocycles. The fourth-order valence-corrected chi connectivity index (χ4v) is 7.96. The van der Waals surface area contributed by atoms with Crippen LogP contribution in [-0.2, 0) is 0 Å². The van der Waals surface area contributed by atoms with Crippen LogP contribution in [0.25, 0.3) is 87.7 Å². The van der Waals surface area contributed by atoms with Gasteiger partial charge in [-0.15, -0.1) is 0 Å². The van der Waals surface area contributed by atoms with Crippen LogP contribution in [0.3, 0.4) is 0 Å². The van der Waals surface area contributed by atoms with Crippen LogP contribution >= 0.6 is 0 Å². The molecule has 0 aliphatic heterocycles. The number of benzene rings is 9. The Morgan fingerprint density at radius 2 is 0.811 bits per heavy atom. The Kier molecular flexibility index (Phi) is 6.55. The molecule has 0 spiro atoms. The molecular formula is C50H31NO2. The third-order valence-electron chi connectivity index (χ3n) is 10.6. The fraction of sp³-hybridized carbons (Fsp3) is 0. The van der Waals surface area contributed by atoms with Crippen molar-refractivity contribution in [2.24, 2.45) is 0 Å². The molecule has 248 valence electrons. The van der Waals surface area contributed by atoms with Crippen LogP contribution in [0.2, 0.25) is 0 Å². The summed E-state index contributed by atoms with van der Waals surface area (Å²) in [6.07, 6.45) is 0. The van der Waals surface area contributed by atoms with Gasteiger partial charge in [-0.2, -0.15) is 0 Å². The molecule has 0 atom stereocenters. The van der Waals surface area contributed by atoms with Crippen LogP contribution in [0.4, 0.5) is 17.1 Å². The smallest absolute Gasteiger partial charge is 0.147 e. The molecule has 0 unspecified atom stereocenters. The van der Waals surface area contributed by atoms with Crippen molar-refractivity contribution in [2.45, 2.75) is 0 Å². The van der Waals surface area contributed by atoms with E-state index in [-0.39, 0.29) is 0 Å². The second-order valence-electron chi connectivity index (χ2n) is 13.8. The molecule has 0 aliphatic carbocycles. The van der Waals surface area contributed by atoms with Crippen LogP contribution in [0.1, 0.15) is 0 Å². The molecule has 3 heteroatoms. The van der Waals surface area contributed by atoms with E-state index in [9.17, 15) is 0 Å². The van der Waals surface area contributed by atoms with Gasteiger partial charge in [-0.3, -0.25) is 0 Å². The minimum Gasteiger partial charge on any atom is -0.456 e. The quantitative estimate of drug-likeness (QED) is 0.182. The molecule has 2 aromatic heterocycles. The van der Waals surface area contributed by atoms with E-state index >= 15 is 0 Å². The SMILES string of the molecule is c1ccc(-c2ccc(N(c3ccc(-c4ccccc4)cc3)c3ccc4cc5c(cc4c3)oc3ccc4c6cc7ccccc7cc6oc4c35)cc2)cc1. The molecule has 3 nitrogen and oxygen atoms in total. The number of hydrogen-bond acceptors (Lipinski definition) is 3. The summed E-state index contributed by atoms with van der Waals surface area (Å²) in [5.41, 5.74) is 11.4. The Hall–Kier alpha value is -7.10. The second-order valence-corrected chi connectivity index (χ2v) is 13.8. The lowest BCUT2D eigenvalue weighted by Crippen LogP contribution is -2.09. The van der Waals surface area contributed by atoms with Gasteiger partial charge in [0, 0.05) is 33.2 Å². The van der Waals surface area contributed by atoms with Crippen molar-refractivity contribution in [3.8, 4) is 22.3 Å². The number of anilines is 3. The van der Waals surface area contributed by atoms with Crippen molar-refractivity contribution in [2.75, 3.05) is 4.90 Å². The van der Waals surface area contributed by atoms with Gasteiger partial charge in [-0.05, 0) is 117 Å². The summed E-state index contributed by atoms with van der Waals surface area (Å²) in [4.78, 5) is 2.33. The summed E-state index contributed by atoms with van der Waals surface area (Å²) in [7, 11) is 0. The molecule has 0 N–H and O–H groups in total. The highest BCUT2D eigenvalue weighted by atomic mass is 16.3. The molecule has 9 aromatic carbocycles. The Bertz CT molecular complexity index is 3060. The van der Waals surface area contributed by atoms with Crippen LogP contribution in [0.5, 0.6) is 0 Å². The Labute approximate surface area is 305 Å². The van der Waals surface area contributed by atoms with Crippen molar-refractivity contribution in [3.63, 3.8) is 0 Å². The first kappa shape index (κ1) is 29.6. The summed E-state index contributed by atoms with van der Waals surface area (Å²) in [5, 5.41) is 8.91. The molecule has 53 heavy (non-hydrogen) atoms. The molecule has 0 amide bonds. The largest absolute Gasteiger partial charge is 0.456 e. The second kappa shape index (κ2) is 11.7. The Balaban J connectivity index is 1.05. The van der Waals surface area contributed by atoms with Crippen molar-refractivity contribution >= 4 is 82.5 Å². The van der Waals surface area contributed by atoms with Crippen molar-refractivity contribution in [1.82, 2.24) is 0 Å². The molecule has 11 rings (SSSR count). The number of fused-ring (bicyclic) bond motifs is 9. The maximum Gasteiger partial charge on any atom is 0.147 e. The standard InChI is InChI=1S/C50H31NO2/c1-3-9-32(10-4-1)34-15-20-40(21-16-34)51(41-22-17-35(18-23-41)33-11-5-2-6-12-33)42-24-19-38-29-45-48(31-39(38)27-42)52-46-26-25-43-44-28-36-13-7-8-14-37(36)30-47(44)53-50(43)49(45)46/h1-31H. The zero-order valence-electron chi connectivity index (χ0n) is 28.7. The minimum atomic E-state index is 0.824. The molecule has 0 bridgehead atoms. The van der Waals surface area contributed by atoms with Crippen LogP contribution in [0.15, 0.2) is 197 Å². The zero-order valence-corrected chi connectivity index (χ0v) is 28.7. The third kappa shape index (κ3) is 4.90. The van der Waals surface area contributed by atoms with Gasteiger partial charge in [-0.1, -0.05) is 115 Å². The molecular weight excluding hydrogens is 647 g/mol. The Morgan fingerprint density at radius 1 is 0.302 bits per heavy atom. The highest BCUT2D eigenvalue weighted by Crippen LogP contribution is 2.43. The topological polar surface area (TPSA) is 29.5 Å². The molecule has 2 heterocycles. The Morgan fingerprint density at radius 3 is 1.47 bits per heavy atom. The summed E-state index contributed by atoms with van der Waals surface area (Å²) in [6.45, 7) is 0. The summed E-state index contributed by atoms with van der Waals surface area (Å²) < 4.78 is 13.2. The van der Waals surface area contributed by atoms with E-state index in [4.69, 9.17) is 8.83 Å². The van der Waals surface area contributed by atoms with Gasteiger partial charge < -0.3 is 13.7 Å². The minimum absolute atomic E-state index is 0.824. The van der Waals surface area contributed by atoms with E-state index in [0.29, 0.717) is 0 Å². The van der Waals surface area contributed by atoms with Crippen LogP contribution in [0, 0.1) is 0 Å². The predicted molar refractivity (Wildman–Crippen MR) is 222 cm³/mol. The summed E-state index contributed by atoms with van der Waals surface area (Å²) >= 11 is 0. The van der Waals surface area contributed by atoms with E-state index < -0.39 is 0 Å². The van der Waals surface area contributed by atoms with Crippen molar-refractivity contribution in [3.05, 3.63) is 188 Å². The van der Waals surface area contributed by atoms with Gasteiger partial charge in [0.1, 0.15) is 22.3 Å².